The highest BCUT2D eigenvalue weighted by Gasteiger charge is 2.28. The van der Waals surface area contributed by atoms with Crippen LogP contribution in [0.1, 0.15) is 11.1 Å². The summed E-state index contributed by atoms with van der Waals surface area (Å²) in [5.41, 5.74) is 1.49. The standard InChI is InChI=1S/C23H26N8O5S.ClH/c1-27(7-8-29-9-11-36-12-10-29)21-4-3-20(31(32)33)14-23(21)37(34,35)28(2)25-16-19-17-26-30-6-5-18(15-24)13-22(19)30;/h3-6,13-14,16-17H,7-12H2,1-2H3;1H/b25-16-;. The molecule has 0 amide bonds. The van der Waals surface area contributed by atoms with E-state index in [-0.39, 0.29) is 23.0 Å². The lowest BCUT2D eigenvalue weighted by Gasteiger charge is -2.30. The molecule has 1 aromatic carbocycles. The number of fused-ring (bicyclic) bond motifs is 1. The summed E-state index contributed by atoms with van der Waals surface area (Å²) < 4.78 is 34.7. The number of non-ortho nitro benzene ring substituents is 1. The van der Waals surface area contributed by atoms with Crippen LogP contribution in [0.3, 0.4) is 0 Å². The third-order valence-corrected chi connectivity index (χ3v) is 7.76. The van der Waals surface area contributed by atoms with Crippen molar-refractivity contribution in [2.75, 3.05) is 58.4 Å². The van der Waals surface area contributed by atoms with E-state index in [9.17, 15) is 18.5 Å². The molecule has 1 fully saturated rings. The first-order chi connectivity index (χ1) is 17.7. The normalized spacial score (nSPS) is 14.2. The number of likely N-dealkylation sites (N-methyl/N-ethyl adjacent to an activating group) is 1. The Morgan fingerprint density at radius 3 is 2.68 bits per heavy atom. The molecule has 1 saturated heterocycles. The van der Waals surface area contributed by atoms with E-state index in [0.717, 1.165) is 23.6 Å². The molecule has 0 aliphatic carbocycles. The highest BCUT2D eigenvalue weighted by molar-refractivity contribution is 7.89. The Bertz CT molecular complexity index is 1480. The van der Waals surface area contributed by atoms with Gasteiger partial charge in [-0.25, -0.2) is 4.52 Å². The number of hydrazone groups is 1. The summed E-state index contributed by atoms with van der Waals surface area (Å²) in [6.07, 6.45) is 4.44. The molecule has 202 valence electrons. The molecule has 0 bridgehead atoms. The monoisotopic (exact) mass is 562 g/mol. The van der Waals surface area contributed by atoms with Crippen LogP contribution in [0.15, 0.2) is 52.7 Å². The van der Waals surface area contributed by atoms with E-state index in [1.54, 1.807) is 34.8 Å². The largest absolute Gasteiger partial charge is 0.379 e. The minimum absolute atomic E-state index is 0. The first kappa shape index (κ1) is 28.8. The summed E-state index contributed by atoms with van der Waals surface area (Å²) in [5.74, 6) is 0. The lowest BCUT2D eigenvalue weighted by Crippen LogP contribution is -2.41. The average molecular weight is 563 g/mol. The number of nitro benzene ring substituents is 1. The van der Waals surface area contributed by atoms with Gasteiger partial charge in [0.15, 0.2) is 0 Å². The number of benzene rings is 1. The van der Waals surface area contributed by atoms with Crippen molar-refractivity contribution in [3.63, 3.8) is 0 Å². The molecule has 1 aliphatic heterocycles. The molecule has 3 aromatic rings. The minimum atomic E-state index is -4.26. The van der Waals surface area contributed by atoms with Crippen molar-refractivity contribution >= 4 is 45.5 Å². The van der Waals surface area contributed by atoms with Crippen LogP contribution in [0.5, 0.6) is 0 Å². The molecular formula is C23H27ClN8O5S. The molecule has 2 aromatic heterocycles. The highest BCUT2D eigenvalue weighted by atomic mass is 35.5. The second-order valence-corrected chi connectivity index (χ2v) is 10.3. The van der Waals surface area contributed by atoms with E-state index in [0.29, 0.717) is 48.6 Å². The summed E-state index contributed by atoms with van der Waals surface area (Å²) in [6.45, 7) is 4.06. The quantitative estimate of drug-likeness (QED) is 0.216. The van der Waals surface area contributed by atoms with Crippen molar-refractivity contribution in [1.29, 1.82) is 5.26 Å². The average Bonchev–Trinajstić information content (AvgIpc) is 3.32. The van der Waals surface area contributed by atoms with Crippen LogP contribution in [-0.2, 0) is 14.8 Å². The van der Waals surface area contributed by atoms with Gasteiger partial charge in [0.2, 0.25) is 0 Å². The lowest BCUT2D eigenvalue weighted by molar-refractivity contribution is -0.385. The molecule has 3 heterocycles. The fraction of sp³-hybridized carbons (Fsp3) is 0.348. The number of hydrogen-bond donors (Lipinski definition) is 0. The van der Waals surface area contributed by atoms with Crippen LogP contribution < -0.4 is 4.90 Å². The van der Waals surface area contributed by atoms with Crippen molar-refractivity contribution in [1.82, 2.24) is 18.9 Å². The van der Waals surface area contributed by atoms with E-state index in [1.165, 1.54) is 31.6 Å². The van der Waals surface area contributed by atoms with E-state index < -0.39 is 14.9 Å². The molecule has 0 N–H and O–H groups in total. The molecule has 38 heavy (non-hydrogen) atoms. The zero-order valence-corrected chi connectivity index (χ0v) is 22.4. The zero-order chi connectivity index (χ0) is 26.6. The van der Waals surface area contributed by atoms with E-state index in [4.69, 9.17) is 10.00 Å². The Morgan fingerprint density at radius 1 is 1.26 bits per heavy atom. The van der Waals surface area contributed by atoms with Gasteiger partial charge in [0.05, 0.1) is 53.4 Å². The van der Waals surface area contributed by atoms with Crippen LogP contribution in [0.25, 0.3) is 5.52 Å². The van der Waals surface area contributed by atoms with Crippen LogP contribution in [0.4, 0.5) is 11.4 Å². The van der Waals surface area contributed by atoms with Gasteiger partial charge >= 0.3 is 0 Å². The maximum atomic E-state index is 13.5. The number of rotatable bonds is 9. The van der Waals surface area contributed by atoms with Gasteiger partial charge in [0.25, 0.3) is 15.7 Å². The number of aromatic nitrogens is 2. The number of halogens is 1. The third kappa shape index (κ3) is 6.20. The smallest absolute Gasteiger partial charge is 0.281 e. The Balaban J connectivity index is 0.00000400. The Labute approximate surface area is 226 Å². The number of hydrogen-bond acceptors (Lipinski definition) is 10. The predicted molar refractivity (Wildman–Crippen MR) is 143 cm³/mol. The topological polar surface area (TPSA) is 150 Å². The maximum absolute atomic E-state index is 13.5. The first-order valence-electron chi connectivity index (χ1n) is 11.4. The third-order valence-electron chi connectivity index (χ3n) is 6.09. The molecule has 0 atom stereocenters. The van der Waals surface area contributed by atoms with E-state index in [2.05, 4.69) is 15.1 Å². The van der Waals surface area contributed by atoms with Crippen molar-refractivity contribution in [3.05, 3.63) is 64.0 Å². The van der Waals surface area contributed by atoms with Gasteiger partial charge in [0.1, 0.15) is 4.90 Å². The van der Waals surface area contributed by atoms with Gasteiger partial charge in [-0.05, 0) is 18.2 Å². The summed E-state index contributed by atoms with van der Waals surface area (Å²) >= 11 is 0. The minimum Gasteiger partial charge on any atom is -0.379 e. The van der Waals surface area contributed by atoms with Crippen LogP contribution in [0, 0.1) is 21.4 Å². The van der Waals surface area contributed by atoms with Crippen molar-refractivity contribution in [2.24, 2.45) is 5.10 Å². The van der Waals surface area contributed by atoms with E-state index >= 15 is 0 Å². The van der Waals surface area contributed by atoms with Gasteiger partial charge in [0, 0.05) is 64.2 Å². The number of sulfonamides is 1. The van der Waals surface area contributed by atoms with Gasteiger partial charge in [-0.3, -0.25) is 15.0 Å². The SMILES string of the molecule is CN(CCN1CCOCC1)c1ccc([N+](=O)[O-])cc1S(=O)(=O)N(C)/N=C\c1cnn2ccc(C#N)cc12.Cl. The van der Waals surface area contributed by atoms with Crippen LogP contribution in [-0.4, -0.2) is 92.0 Å². The van der Waals surface area contributed by atoms with Gasteiger partial charge in [-0.1, -0.05) is 0 Å². The molecule has 0 spiro atoms. The Hall–Kier alpha value is -3.77. The molecule has 0 unspecified atom stereocenters. The fourth-order valence-electron chi connectivity index (χ4n) is 3.89. The first-order valence-corrected chi connectivity index (χ1v) is 12.8. The molecule has 0 radical (unpaired) electrons. The van der Waals surface area contributed by atoms with Crippen LogP contribution in [0.2, 0.25) is 0 Å². The van der Waals surface area contributed by atoms with Gasteiger partial charge < -0.3 is 9.64 Å². The summed E-state index contributed by atoms with van der Waals surface area (Å²) in [4.78, 5) is 14.5. The number of nitriles is 1. The molecule has 15 heteroatoms. The van der Waals surface area contributed by atoms with E-state index in [1.807, 2.05) is 6.07 Å². The number of nitrogens with zero attached hydrogens (tertiary/aromatic N) is 8. The predicted octanol–water partition coefficient (Wildman–Crippen LogP) is 1.96. The second-order valence-electron chi connectivity index (χ2n) is 8.43. The number of morpholine rings is 1. The highest BCUT2D eigenvalue weighted by Crippen LogP contribution is 2.31. The molecule has 4 rings (SSSR count). The number of nitro groups is 1. The van der Waals surface area contributed by atoms with Gasteiger partial charge in [-0.15, -0.1) is 12.4 Å². The zero-order valence-electron chi connectivity index (χ0n) is 20.8. The molecule has 0 saturated carbocycles. The number of anilines is 1. The summed E-state index contributed by atoms with van der Waals surface area (Å²) in [6, 6.07) is 9.05. The lowest BCUT2D eigenvalue weighted by atomic mass is 10.2. The maximum Gasteiger partial charge on any atom is 0.281 e. The number of pyridine rings is 1. The van der Waals surface area contributed by atoms with Crippen LogP contribution >= 0.6 is 12.4 Å². The van der Waals surface area contributed by atoms with Gasteiger partial charge in [-0.2, -0.15) is 28.3 Å². The van der Waals surface area contributed by atoms with Crippen molar-refractivity contribution in [2.45, 2.75) is 4.90 Å². The summed E-state index contributed by atoms with van der Waals surface area (Å²) in [7, 11) is -1.25. The Kier molecular flexibility index (Phi) is 9.23. The molecule has 1 aliphatic rings. The molecule has 13 nitrogen and oxygen atoms in total. The second kappa shape index (κ2) is 12.2. The van der Waals surface area contributed by atoms with Crippen molar-refractivity contribution in [3.8, 4) is 6.07 Å². The number of ether oxygens (including phenoxy) is 1. The summed E-state index contributed by atoms with van der Waals surface area (Å²) in [5, 5.41) is 28.8. The Morgan fingerprint density at radius 2 is 2.00 bits per heavy atom. The fourth-order valence-corrected chi connectivity index (χ4v) is 5.11. The molecular weight excluding hydrogens is 536 g/mol. The van der Waals surface area contributed by atoms with Crippen molar-refractivity contribution < 1.29 is 18.1 Å².